The van der Waals surface area contributed by atoms with Gasteiger partial charge in [-0.15, -0.1) is 0 Å². The summed E-state index contributed by atoms with van der Waals surface area (Å²) in [6.07, 6.45) is 2.91. The van der Waals surface area contributed by atoms with E-state index in [1.54, 1.807) is 20.0 Å². The number of amides is 2. The Morgan fingerprint density at radius 2 is 2.21 bits per heavy atom. The van der Waals surface area contributed by atoms with E-state index in [-0.39, 0.29) is 18.7 Å². The van der Waals surface area contributed by atoms with Crippen LogP contribution in [0.2, 0.25) is 0 Å². The van der Waals surface area contributed by atoms with E-state index in [9.17, 15) is 4.79 Å². The largest absolute Gasteiger partial charge is 0.394 e. The summed E-state index contributed by atoms with van der Waals surface area (Å²) in [4.78, 5) is 13.3. The predicted octanol–water partition coefficient (Wildman–Crippen LogP) is 1.77. The van der Waals surface area contributed by atoms with Gasteiger partial charge in [0.2, 0.25) is 0 Å². The van der Waals surface area contributed by atoms with E-state index in [2.05, 4.69) is 24.3 Å². The Bertz CT molecular complexity index is 403. The van der Waals surface area contributed by atoms with Crippen molar-refractivity contribution >= 4 is 11.8 Å². The van der Waals surface area contributed by atoms with Crippen LogP contribution in [0.1, 0.15) is 27.2 Å². The molecule has 0 saturated carbocycles. The fourth-order valence-electron chi connectivity index (χ4n) is 1.46. The maximum Gasteiger partial charge on any atom is 0.323 e. The van der Waals surface area contributed by atoms with Crippen molar-refractivity contribution in [2.45, 2.75) is 39.8 Å². The fourth-order valence-corrected chi connectivity index (χ4v) is 1.46. The molecular formula is C13H24N4O2. The van der Waals surface area contributed by atoms with Crippen LogP contribution in [0.3, 0.4) is 0 Å². The zero-order valence-corrected chi connectivity index (χ0v) is 12.1. The molecule has 0 aromatic carbocycles. The van der Waals surface area contributed by atoms with Crippen molar-refractivity contribution < 1.29 is 9.90 Å². The highest BCUT2D eigenvalue weighted by molar-refractivity contribution is 5.88. The van der Waals surface area contributed by atoms with Crippen molar-refractivity contribution in [3.63, 3.8) is 0 Å². The molecule has 6 nitrogen and oxygen atoms in total. The van der Waals surface area contributed by atoms with Crippen LogP contribution in [-0.2, 0) is 6.54 Å². The number of anilines is 1. The van der Waals surface area contributed by atoms with Crippen molar-refractivity contribution in [3.05, 3.63) is 12.3 Å². The molecule has 19 heavy (non-hydrogen) atoms. The number of hydrogen-bond donors (Lipinski definition) is 2. The second kappa shape index (κ2) is 7.13. The summed E-state index contributed by atoms with van der Waals surface area (Å²) >= 11 is 0. The number of carbonyl (C=O) groups excluding carboxylic acids is 1. The van der Waals surface area contributed by atoms with Gasteiger partial charge in [-0.1, -0.05) is 13.8 Å². The molecule has 0 bridgehead atoms. The summed E-state index contributed by atoms with van der Waals surface area (Å²) in [6.45, 7) is 6.89. The van der Waals surface area contributed by atoms with Gasteiger partial charge < -0.3 is 10.0 Å². The summed E-state index contributed by atoms with van der Waals surface area (Å²) in [5.74, 6) is 1.16. The number of aliphatic hydroxyl groups excluding tert-OH is 1. The Morgan fingerprint density at radius 3 is 2.79 bits per heavy atom. The maximum absolute atomic E-state index is 11.8. The molecular weight excluding hydrogens is 244 g/mol. The van der Waals surface area contributed by atoms with Gasteiger partial charge in [0.15, 0.2) is 5.82 Å². The molecule has 0 aliphatic carbocycles. The third-order valence-corrected chi connectivity index (χ3v) is 3.06. The highest BCUT2D eigenvalue weighted by atomic mass is 16.3. The van der Waals surface area contributed by atoms with Crippen LogP contribution in [0.25, 0.3) is 0 Å². The number of nitrogens with zero attached hydrogens (tertiary/aromatic N) is 3. The number of aromatic nitrogens is 2. The van der Waals surface area contributed by atoms with Crippen LogP contribution in [0.4, 0.5) is 10.6 Å². The lowest BCUT2D eigenvalue weighted by atomic mass is 10.1. The van der Waals surface area contributed by atoms with Crippen LogP contribution in [0, 0.1) is 5.92 Å². The number of nitrogens with one attached hydrogen (secondary N) is 1. The van der Waals surface area contributed by atoms with Crippen LogP contribution in [-0.4, -0.2) is 45.5 Å². The molecule has 1 rings (SSSR count). The number of rotatable bonds is 6. The highest BCUT2D eigenvalue weighted by Gasteiger charge is 2.15. The minimum atomic E-state index is -0.268. The van der Waals surface area contributed by atoms with Gasteiger partial charge in [0.1, 0.15) is 0 Å². The molecule has 6 heteroatoms. The Balaban J connectivity index is 2.51. The Kier molecular flexibility index (Phi) is 5.82. The van der Waals surface area contributed by atoms with Crippen molar-refractivity contribution in [2.75, 3.05) is 19.0 Å². The molecule has 0 aliphatic rings. The topological polar surface area (TPSA) is 70.4 Å². The molecule has 1 aromatic rings. The minimum Gasteiger partial charge on any atom is -0.394 e. The lowest BCUT2D eigenvalue weighted by molar-refractivity contribution is 0.166. The van der Waals surface area contributed by atoms with E-state index in [4.69, 9.17) is 5.11 Å². The highest BCUT2D eigenvalue weighted by Crippen LogP contribution is 2.07. The van der Waals surface area contributed by atoms with E-state index >= 15 is 0 Å². The van der Waals surface area contributed by atoms with E-state index in [1.165, 1.54) is 4.90 Å². The van der Waals surface area contributed by atoms with Gasteiger partial charge >= 0.3 is 6.03 Å². The first-order chi connectivity index (χ1) is 8.93. The molecule has 1 aromatic heterocycles. The second-order valence-electron chi connectivity index (χ2n) is 5.22. The van der Waals surface area contributed by atoms with Gasteiger partial charge in [0.05, 0.1) is 12.6 Å². The van der Waals surface area contributed by atoms with Gasteiger partial charge in [-0.2, -0.15) is 5.10 Å². The van der Waals surface area contributed by atoms with Gasteiger partial charge in [-0.3, -0.25) is 10.00 Å². The van der Waals surface area contributed by atoms with Crippen LogP contribution < -0.4 is 5.32 Å². The number of likely N-dealkylation sites (N-methyl/N-ethyl adjacent to an activating group) is 1. The quantitative estimate of drug-likeness (QED) is 0.826. The predicted molar refractivity (Wildman–Crippen MR) is 75.0 cm³/mol. The number of hydrogen-bond acceptors (Lipinski definition) is 3. The molecule has 108 valence electrons. The Hall–Kier alpha value is -1.56. The van der Waals surface area contributed by atoms with Gasteiger partial charge in [-0.05, 0) is 19.3 Å². The molecule has 1 heterocycles. The Labute approximate surface area is 114 Å². The van der Waals surface area contributed by atoms with Gasteiger partial charge in [0.25, 0.3) is 0 Å². The number of aliphatic hydroxyl groups is 1. The summed E-state index contributed by atoms with van der Waals surface area (Å²) in [6, 6.07) is 1.29. The first-order valence-electron chi connectivity index (χ1n) is 6.62. The molecule has 0 fully saturated rings. The molecule has 0 spiro atoms. The summed E-state index contributed by atoms with van der Waals surface area (Å²) in [5, 5.41) is 16.0. The first-order valence-corrected chi connectivity index (χ1v) is 6.62. The number of carbonyl (C=O) groups is 1. The lowest BCUT2D eigenvalue weighted by Crippen LogP contribution is -2.40. The standard InChI is InChI=1S/C13H24N4O2/c1-10(2)5-7-17-8-6-12(15-17)14-13(19)16(4)11(3)9-18/h6,8,10-11,18H,5,7,9H2,1-4H3,(H,14,15,19). The Morgan fingerprint density at radius 1 is 1.53 bits per heavy atom. The van der Waals surface area contributed by atoms with Crippen molar-refractivity contribution in [1.29, 1.82) is 0 Å². The van der Waals surface area contributed by atoms with Crippen molar-refractivity contribution in [1.82, 2.24) is 14.7 Å². The maximum atomic E-state index is 11.8. The average Bonchev–Trinajstić information content (AvgIpc) is 2.82. The van der Waals surface area contributed by atoms with Crippen LogP contribution >= 0.6 is 0 Å². The summed E-state index contributed by atoms with van der Waals surface area (Å²) < 4.78 is 1.82. The van der Waals surface area contributed by atoms with Crippen molar-refractivity contribution in [2.24, 2.45) is 5.92 Å². The van der Waals surface area contributed by atoms with Gasteiger partial charge in [0, 0.05) is 25.9 Å². The molecule has 0 aliphatic heterocycles. The monoisotopic (exact) mass is 268 g/mol. The SMILES string of the molecule is CC(C)CCn1ccc(NC(=O)N(C)C(C)CO)n1. The second-order valence-corrected chi connectivity index (χ2v) is 5.22. The molecule has 2 N–H and O–H groups in total. The summed E-state index contributed by atoms with van der Waals surface area (Å²) in [5.41, 5.74) is 0. The molecule has 2 amide bonds. The van der Waals surface area contributed by atoms with E-state index < -0.39 is 0 Å². The number of urea groups is 1. The average molecular weight is 268 g/mol. The molecule has 0 saturated heterocycles. The third-order valence-electron chi connectivity index (χ3n) is 3.06. The van der Waals surface area contributed by atoms with Gasteiger partial charge in [-0.25, -0.2) is 4.79 Å². The minimum absolute atomic E-state index is 0.0627. The normalized spacial score (nSPS) is 12.5. The zero-order valence-electron chi connectivity index (χ0n) is 12.1. The van der Waals surface area contributed by atoms with E-state index in [0.29, 0.717) is 11.7 Å². The fraction of sp³-hybridized carbons (Fsp3) is 0.692. The lowest BCUT2D eigenvalue weighted by Gasteiger charge is -2.22. The van der Waals surface area contributed by atoms with Crippen LogP contribution in [0.15, 0.2) is 12.3 Å². The molecule has 1 atom stereocenters. The smallest absolute Gasteiger partial charge is 0.323 e. The van der Waals surface area contributed by atoms with Crippen LogP contribution in [0.5, 0.6) is 0 Å². The summed E-state index contributed by atoms with van der Waals surface area (Å²) in [7, 11) is 1.64. The van der Waals surface area contributed by atoms with E-state index in [1.807, 2.05) is 10.9 Å². The van der Waals surface area contributed by atoms with Crippen molar-refractivity contribution in [3.8, 4) is 0 Å². The first kappa shape index (κ1) is 15.5. The molecule has 0 radical (unpaired) electrons. The third kappa shape index (κ3) is 4.90. The molecule has 1 unspecified atom stereocenters. The zero-order chi connectivity index (χ0) is 14.4. The number of aryl methyl sites for hydroxylation is 1. The van der Waals surface area contributed by atoms with E-state index in [0.717, 1.165) is 13.0 Å².